The number of nitrogens with one attached hydrogen (secondary N) is 1. The van der Waals surface area contributed by atoms with Crippen molar-refractivity contribution in [3.8, 4) is 11.1 Å². The van der Waals surface area contributed by atoms with Crippen LogP contribution in [-0.2, 0) is 11.3 Å². The Morgan fingerprint density at radius 2 is 1.89 bits per heavy atom. The van der Waals surface area contributed by atoms with E-state index in [4.69, 9.17) is 0 Å². The molecule has 1 saturated carbocycles. The van der Waals surface area contributed by atoms with E-state index in [9.17, 15) is 4.79 Å². The molecule has 1 N–H and O–H groups in total. The van der Waals surface area contributed by atoms with Gasteiger partial charge < -0.3 is 10.2 Å². The first-order valence-corrected chi connectivity index (χ1v) is 10.1. The molecule has 3 nitrogen and oxygen atoms in total. The number of amides is 1. The molecule has 2 aromatic rings. The van der Waals surface area contributed by atoms with Crippen LogP contribution in [0.25, 0.3) is 11.1 Å². The van der Waals surface area contributed by atoms with Crippen molar-refractivity contribution in [2.24, 2.45) is 5.41 Å². The van der Waals surface area contributed by atoms with Crippen molar-refractivity contribution in [2.75, 3.05) is 5.32 Å². The van der Waals surface area contributed by atoms with E-state index in [0.29, 0.717) is 12.6 Å². The molecule has 3 heteroatoms. The van der Waals surface area contributed by atoms with Gasteiger partial charge in [-0.15, -0.1) is 0 Å². The Bertz CT molecular complexity index is 890. The number of fused-ring (bicyclic) bond motifs is 1. The van der Waals surface area contributed by atoms with Crippen molar-refractivity contribution in [1.29, 1.82) is 0 Å². The molecule has 0 aromatic heterocycles. The second-order valence-corrected chi connectivity index (χ2v) is 9.17. The largest absolute Gasteiger partial charge is 0.382 e. The maximum Gasteiger partial charge on any atom is 0.228 e. The highest BCUT2D eigenvalue weighted by molar-refractivity contribution is 5.83. The highest BCUT2D eigenvalue weighted by Gasteiger charge is 2.36. The van der Waals surface area contributed by atoms with Gasteiger partial charge in [0.25, 0.3) is 0 Å². The summed E-state index contributed by atoms with van der Waals surface area (Å²) < 4.78 is 0. The Morgan fingerprint density at radius 3 is 2.56 bits per heavy atom. The van der Waals surface area contributed by atoms with Crippen LogP contribution < -0.4 is 5.32 Å². The van der Waals surface area contributed by atoms with E-state index >= 15 is 0 Å². The maximum absolute atomic E-state index is 12.8. The number of benzene rings is 2. The Kier molecular flexibility index (Phi) is 4.29. The molecule has 0 spiro atoms. The minimum absolute atomic E-state index is 0.143. The molecule has 4 rings (SSSR count). The zero-order chi connectivity index (χ0) is 19.3. The molecule has 2 aromatic carbocycles. The molecule has 1 amide bonds. The zero-order valence-corrected chi connectivity index (χ0v) is 17.1. The van der Waals surface area contributed by atoms with Gasteiger partial charge in [0.1, 0.15) is 0 Å². The fourth-order valence-electron chi connectivity index (χ4n) is 4.04. The van der Waals surface area contributed by atoms with Gasteiger partial charge in [-0.2, -0.15) is 0 Å². The number of hydrogen-bond acceptors (Lipinski definition) is 2. The van der Waals surface area contributed by atoms with Gasteiger partial charge >= 0.3 is 0 Å². The molecule has 1 atom stereocenters. The highest BCUT2D eigenvalue weighted by atomic mass is 16.2. The van der Waals surface area contributed by atoms with Crippen molar-refractivity contribution < 1.29 is 4.79 Å². The fraction of sp³-hybridized carbons (Fsp3) is 0.458. The van der Waals surface area contributed by atoms with Crippen molar-refractivity contribution >= 4 is 11.6 Å². The first kappa shape index (κ1) is 18.1. The third-order valence-corrected chi connectivity index (χ3v) is 5.89. The molecule has 0 radical (unpaired) electrons. The van der Waals surface area contributed by atoms with Crippen molar-refractivity contribution in [3.63, 3.8) is 0 Å². The second-order valence-electron chi connectivity index (χ2n) is 9.17. The van der Waals surface area contributed by atoms with Crippen LogP contribution in [0.4, 0.5) is 5.69 Å². The molecule has 1 heterocycles. The summed E-state index contributed by atoms with van der Waals surface area (Å²) in [5, 5.41) is 3.64. The van der Waals surface area contributed by atoms with Crippen LogP contribution in [0.2, 0.25) is 0 Å². The average molecular weight is 363 g/mol. The first-order valence-electron chi connectivity index (χ1n) is 10.1. The molecule has 142 valence electrons. The molecule has 27 heavy (non-hydrogen) atoms. The molecule has 1 unspecified atom stereocenters. The zero-order valence-electron chi connectivity index (χ0n) is 17.1. The quantitative estimate of drug-likeness (QED) is 0.761. The van der Waals surface area contributed by atoms with E-state index in [-0.39, 0.29) is 17.4 Å². The molecule has 0 bridgehead atoms. The van der Waals surface area contributed by atoms with Gasteiger partial charge in [-0.3, -0.25) is 4.79 Å². The van der Waals surface area contributed by atoms with Crippen LogP contribution in [0, 0.1) is 12.3 Å². The summed E-state index contributed by atoms with van der Waals surface area (Å²) in [4.78, 5) is 14.8. The number of carbonyl (C=O) groups is 1. The summed E-state index contributed by atoms with van der Waals surface area (Å²) in [6, 6.07) is 14.0. The molecule has 1 aliphatic carbocycles. The summed E-state index contributed by atoms with van der Waals surface area (Å²) in [6.45, 7) is 11.0. The van der Waals surface area contributed by atoms with E-state index in [1.807, 2.05) is 25.7 Å². The summed E-state index contributed by atoms with van der Waals surface area (Å²) in [6.07, 6.45) is 2.55. The van der Waals surface area contributed by atoms with Gasteiger partial charge in [0.2, 0.25) is 5.91 Å². The topological polar surface area (TPSA) is 32.3 Å². The summed E-state index contributed by atoms with van der Waals surface area (Å²) in [5.74, 6) is 0.222. The van der Waals surface area contributed by atoms with E-state index in [0.717, 1.165) is 0 Å². The SMILES string of the molecule is Cc1c(NC2CC2)cccc1-c1ccc2c(c1)CN(C(=O)C(C)(C)C)C2C. The molecule has 1 aliphatic heterocycles. The first-order chi connectivity index (χ1) is 12.8. The van der Waals surface area contributed by atoms with Crippen molar-refractivity contribution in [3.05, 3.63) is 53.1 Å². The molecular formula is C24H30N2O. The van der Waals surface area contributed by atoms with Gasteiger partial charge in [0.05, 0.1) is 6.04 Å². The monoisotopic (exact) mass is 362 g/mol. The minimum Gasteiger partial charge on any atom is -0.382 e. The Morgan fingerprint density at radius 1 is 1.15 bits per heavy atom. The summed E-state index contributed by atoms with van der Waals surface area (Å²) >= 11 is 0. The maximum atomic E-state index is 12.8. The number of rotatable bonds is 3. The number of hydrogen-bond donors (Lipinski definition) is 1. The standard InChI is InChI=1S/C24H30N2O/c1-15-20(7-6-8-22(15)25-19-10-11-19)17-9-12-21-16(2)26(14-18(21)13-17)23(27)24(3,4)5/h6-9,12-13,16,19,25H,10-11,14H2,1-5H3. The lowest BCUT2D eigenvalue weighted by Gasteiger charge is -2.29. The summed E-state index contributed by atoms with van der Waals surface area (Å²) in [5.41, 5.74) is 7.27. The number of carbonyl (C=O) groups excluding carboxylic acids is 1. The van der Waals surface area contributed by atoms with Crippen LogP contribution in [0.5, 0.6) is 0 Å². The van der Waals surface area contributed by atoms with E-state index < -0.39 is 0 Å². The Labute approximate surface area is 162 Å². The minimum atomic E-state index is -0.349. The van der Waals surface area contributed by atoms with Crippen LogP contribution in [0.3, 0.4) is 0 Å². The lowest BCUT2D eigenvalue weighted by Crippen LogP contribution is -2.37. The Hall–Kier alpha value is -2.29. The molecule has 2 aliphatic rings. The average Bonchev–Trinajstić information content (AvgIpc) is 3.37. The normalized spacial score (nSPS) is 19.1. The predicted octanol–water partition coefficient (Wildman–Crippen LogP) is 5.69. The van der Waals surface area contributed by atoms with Crippen LogP contribution in [0.15, 0.2) is 36.4 Å². The van der Waals surface area contributed by atoms with Gasteiger partial charge in [-0.25, -0.2) is 0 Å². The van der Waals surface area contributed by atoms with Gasteiger partial charge in [-0.05, 0) is 66.6 Å². The van der Waals surface area contributed by atoms with E-state index in [1.165, 1.54) is 46.3 Å². The van der Waals surface area contributed by atoms with Gasteiger partial charge in [0.15, 0.2) is 0 Å². The summed E-state index contributed by atoms with van der Waals surface area (Å²) in [7, 11) is 0. The lowest BCUT2D eigenvalue weighted by molar-refractivity contribution is -0.141. The lowest BCUT2D eigenvalue weighted by atomic mass is 9.94. The second kappa shape index (κ2) is 6.40. The number of nitrogens with zero attached hydrogens (tertiary/aromatic N) is 1. The van der Waals surface area contributed by atoms with Crippen LogP contribution in [0.1, 0.15) is 63.3 Å². The molecule has 1 fully saturated rings. The number of anilines is 1. The predicted molar refractivity (Wildman–Crippen MR) is 112 cm³/mol. The third-order valence-electron chi connectivity index (χ3n) is 5.89. The van der Waals surface area contributed by atoms with Crippen molar-refractivity contribution in [1.82, 2.24) is 4.90 Å². The van der Waals surface area contributed by atoms with Crippen LogP contribution >= 0.6 is 0 Å². The molecular weight excluding hydrogens is 332 g/mol. The van der Waals surface area contributed by atoms with Gasteiger partial charge in [-0.1, -0.05) is 45.0 Å². The fourth-order valence-corrected chi connectivity index (χ4v) is 4.04. The van der Waals surface area contributed by atoms with Gasteiger partial charge in [0, 0.05) is 23.7 Å². The molecule has 0 saturated heterocycles. The van der Waals surface area contributed by atoms with Crippen LogP contribution in [-0.4, -0.2) is 16.8 Å². The van der Waals surface area contributed by atoms with E-state index in [1.54, 1.807) is 0 Å². The highest BCUT2D eigenvalue weighted by Crippen LogP contribution is 2.39. The third kappa shape index (κ3) is 3.36. The smallest absolute Gasteiger partial charge is 0.228 e. The Balaban J connectivity index is 1.65. The van der Waals surface area contributed by atoms with E-state index in [2.05, 4.69) is 55.6 Å². The van der Waals surface area contributed by atoms with Crippen molar-refractivity contribution in [2.45, 2.75) is 66.1 Å².